The SMILES string of the molecule is Cc1ccc(C(=O)c2ccc(Cl)cc2C)c(C)c1. The van der Waals surface area contributed by atoms with Crippen molar-refractivity contribution in [3.05, 3.63) is 69.2 Å². The summed E-state index contributed by atoms with van der Waals surface area (Å²) < 4.78 is 0. The number of carbonyl (C=O) groups is 1. The molecule has 0 radical (unpaired) electrons. The fraction of sp³-hybridized carbons (Fsp3) is 0.188. The van der Waals surface area contributed by atoms with E-state index in [9.17, 15) is 4.79 Å². The lowest BCUT2D eigenvalue weighted by Gasteiger charge is -2.08. The third-order valence-electron chi connectivity index (χ3n) is 3.06. The average molecular weight is 259 g/mol. The molecule has 0 N–H and O–H groups in total. The third-order valence-corrected chi connectivity index (χ3v) is 3.29. The Labute approximate surface area is 112 Å². The Morgan fingerprint density at radius 1 is 0.889 bits per heavy atom. The number of ketones is 1. The zero-order valence-electron chi connectivity index (χ0n) is 10.8. The molecule has 0 atom stereocenters. The maximum absolute atomic E-state index is 12.5. The van der Waals surface area contributed by atoms with Crippen molar-refractivity contribution >= 4 is 17.4 Å². The first-order valence-corrected chi connectivity index (χ1v) is 6.25. The summed E-state index contributed by atoms with van der Waals surface area (Å²) in [5.41, 5.74) is 4.55. The van der Waals surface area contributed by atoms with Gasteiger partial charge in [-0.15, -0.1) is 0 Å². The topological polar surface area (TPSA) is 17.1 Å². The zero-order chi connectivity index (χ0) is 13.3. The van der Waals surface area contributed by atoms with Crippen LogP contribution in [0.1, 0.15) is 32.6 Å². The molecule has 0 aliphatic rings. The second kappa shape index (κ2) is 4.95. The van der Waals surface area contributed by atoms with E-state index in [0.29, 0.717) is 10.6 Å². The van der Waals surface area contributed by atoms with Crippen molar-refractivity contribution in [2.45, 2.75) is 20.8 Å². The molecule has 0 bridgehead atoms. The van der Waals surface area contributed by atoms with Gasteiger partial charge >= 0.3 is 0 Å². The Kier molecular flexibility index (Phi) is 3.53. The van der Waals surface area contributed by atoms with Crippen LogP contribution in [-0.2, 0) is 0 Å². The maximum Gasteiger partial charge on any atom is 0.193 e. The van der Waals surface area contributed by atoms with E-state index in [2.05, 4.69) is 0 Å². The second-order valence-electron chi connectivity index (χ2n) is 4.61. The molecule has 0 heterocycles. The molecule has 1 nitrogen and oxygen atoms in total. The summed E-state index contributed by atoms with van der Waals surface area (Å²) in [5, 5.41) is 0.657. The van der Waals surface area contributed by atoms with Gasteiger partial charge in [-0.1, -0.05) is 35.4 Å². The van der Waals surface area contributed by atoms with E-state index in [1.165, 1.54) is 0 Å². The van der Waals surface area contributed by atoms with E-state index in [1.807, 2.05) is 45.0 Å². The highest BCUT2D eigenvalue weighted by Crippen LogP contribution is 2.20. The average Bonchev–Trinajstić information content (AvgIpc) is 2.28. The second-order valence-corrected chi connectivity index (χ2v) is 5.04. The number of carbonyl (C=O) groups excluding carboxylic acids is 1. The highest BCUT2D eigenvalue weighted by Gasteiger charge is 2.13. The summed E-state index contributed by atoms with van der Waals surface area (Å²) in [7, 11) is 0. The minimum atomic E-state index is 0.0571. The van der Waals surface area contributed by atoms with Gasteiger partial charge in [-0.3, -0.25) is 4.79 Å². The summed E-state index contributed by atoms with van der Waals surface area (Å²) in [6, 6.07) is 11.2. The molecule has 2 aromatic rings. The lowest BCUT2D eigenvalue weighted by Crippen LogP contribution is -2.05. The van der Waals surface area contributed by atoms with Crippen molar-refractivity contribution in [3.63, 3.8) is 0 Å². The van der Waals surface area contributed by atoms with Crippen molar-refractivity contribution in [3.8, 4) is 0 Å². The van der Waals surface area contributed by atoms with E-state index in [1.54, 1.807) is 12.1 Å². The van der Waals surface area contributed by atoms with Crippen molar-refractivity contribution in [2.75, 3.05) is 0 Å². The molecule has 0 aliphatic carbocycles. The van der Waals surface area contributed by atoms with Gasteiger partial charge in [0.15, 0.2) is 5.78 Å². The molecule has 2 rings (SSSR count). The van der Waals surface area contributed by atoms with Gasteiger partial charge in [-0.25, -0.2) is 0 Å². The molecule has 0 aliphatic heterocycles. The molecule has 0 unspecified atom stereocenters. The molecule has 0 amide bonds. The van der Waals surface area contributed by atoms with Crippen LogP contribution >= 0.6 is 11.6 Å². The number of benzene rings is 2. The summed E-state index contributed by atoms with van der Waals surface area (Å²) in [4.78, 5) is 12.5. The first kappa shape index (κ1) is 12.8. The molecule has 0 saturated carbocycles. The normalized spacial score (nSPS) is 10.4. The van der Waals surface area contributed by atoms with E-state index in [-0.39, 0.29) is 5.78 Å². The van der Waals surface area contributed by atoms with Gasteiger partial charge in [0.1, 0.15) is 0 Å². The van der Waals surface area contributed by atoms with Crippen molar-refractivity contribution in [1.29, 1.82) is 0 Å². The lowest BCUT2D eigenvalue weighted by molar-refractivity contribution is 0.103. The molecule has 0 spiro atoms. The largest absolute Gasteiger partial charge is 0.289 e. The summed E-state index contributed by atoms with van der Waals surface area (Å²) in [5.74, 6) is 0.0571. The van der Waals surface area contributed by atoms with Gasteiger partial charge in [-0.05, 0) is 50.1 Å². The first-order valence-electron chi connectivity index (χ1n) is 5.87. The Hall–Kier alpha value is -1.60. The molecule has 92 valence electrons. The highest BCUT2D eigenvalue weighted by atomic mass is 35.5. The van der Waals surface area contributed by atoms with Crippen molar-refractivity contribution in [2.24, 2.45) is 0 Å². The van der Waals surface area contributed by atoms with Crippen LogP contribution in [0, 0.1) is 20.8 Å². The minimum absolute atomic E-state index is 0.0571. The number of aryl methyl sites for hydroxylation is 3. The van der Waals surface area contributed by atoms with Gasteiger partial charge in [0.25, 0.3) is 0 Å². The molecular formula is C16H15ClO. The number of rotatable bonds is 2. The minimum Gasteiger partial charge on any atom is -0.289 e. The van der Waals surface area contributed by atoms with Crippen molar-refractivity contribution < 1.29 is 4.79 Å². The van der Waals surface area contributed by atoms with E-state index >= 15 is 0 Å². The van der Waals surface area contributed by atoms with Gasteiger partial charge in [0.05, 0.1) is 0 Å². The molecular weight excluding hydrogens is 244 g/mol. The van der Waals surface area contributed by atoms with E-state index in [4.69, 9.17) is 11.6 Å². The van der Waals surface area contributed by atoms with Gasteiger partial charge < -0.3 is 0 Å². The van der Waals surface area contributed by atoms with Crippen LogP contribution in [0.5, 0.6) is 0 Å². The predicted molar refractivity (Wildman–Crippen MR) is 75.5 cm³/mol. The third kappa shape index (κ3) is 2.46. The molecule has 2 aromatic carbocycles. The summed E-state index contributed by atoms with van der Waals surface area (Å²) >= 11 is 5.91. The number of halogens is 1. The van der Waals surface area contributed by atoms with Gasteiger partial charge in [-0.2, -0.15) is 0 Å². The van der Waals surface area contributed by atoms with Crippen LogP contribution < -0.4 is 0 Å². The predicted octanol–water partition coefficient (Wildman–Crippen LogP) is 4.50. The van der Waals surface area contributed by atoms with E-state index in [0.717, 1.165) is 22.3 Å². The molecule has 0 saturated heterocycles. The number of hydrogen-bond donors (Lipinski definition) is 0. The van der Waals surface area contributed by atoms with Crippen LogP contribution in [-0.4, -0.2) is 5.78 Å². The fourth-order valence-electron chi connectivity index (χ4n) is 2.10. The highest BCUT2D eigenvalue weighted by molar-refractivity contribution is 6.30. The van der Waals surface area contributed by atoms with Crippen LogP contribution in [0.2, 0.25) is 5.02 Å². The standard InChI is InChI=1S/C16H15ClO/c1-10-4-6-14(11(2)8-10)16(18)15-7-5-13(17)9-12(15)3/h4-9H,1-3H3. The number of hydrogen-bond acceptors (Lipinski definition) is 1. The summed E-state index contributed by atoms with van der Waals surface area (Å²) in [6.07, 6.45) is 0. The monoisotopic (exact) mass is 258 g/mol. The van der Waals surface area contributed by atoms with Crippen molar-refractivity contribution in [1.82, 2.24) is 0 Å². The molecule has 18 heavy (non-hydrogen) atoms. The molecule has 2 heteroatoms. The Bertz CT molecular complexity index is 561. The van der Waals surface area contributed by atoms with Crippen LogP contribution in [0.4, 0.5) is 0 Å². The smallest absolute Gasteiger partial charge is 0.193 e. The molecule has 0 fully saturated rings. The van der Waals surface area contributed by atoms with E-state index < -0.39 is 0 Å². The van der Waals surface area contributed by atoms with Gasteiger partial charge in [0, 0.05) is 16.1 Å². The summed E-state index contributed by atoms with van der Waals surface area (Å²) in [6.45, 7) is 5.89. The van der Waals surface area contributed by atoms with Gasteiger partial charge in [0.2, 0.25) is 0 Å². The van der Waals surface area contributed by atoms with Crippen LogP contribution in [0.15, 0.2) is 36.4 Å². The quantitative estimate of drug-likeness (QED) is 0.725. The first-order chi connectivity index (χ1) is 8.49. The maximum atomic E-state index is 12.5. The van der Waals surface area contributed by atoms with Crippen LogP contribution in [0.3, 0.4) is 0 Å². The molecule has 0 aromatic heterocycles. The Morgan fingerprint density at radius 2 is 1.44 bits per heavy atom. The Balaban J connectivity index is 2.48. The lowest BCUT2D eigenvalue weighted by atomic mass is 9.95. The fourth-order valence-corrected chi connectivity index (χ4v) is 2.32. The zero-order valence-corrected chi connectivity index (χ0v) is 11.5. The Morgan fingerprint density at radius 3 is 2.00 bits per heavy atom. The van der Waals surface area contributed by atoms with Crippen LogP contribution in [0.25, 0.3) is 0 Å².